The van der Waals surface area contributed by atoms with Crippen LogP contribution >= 0.6 is 0 Å². The van der Waals surface area contributed by atoms with Gasteiger partial charge in [-0.05, 0) is 60.7 Å². The minimum atomic E-state index is -1.28. The van der Waals surface area contributed by atoms with Gasteiger partial charge in [0.15, 0.2) is 5.43 Å². The maximum absolute atomic E-state index is 12.1. The summed E-state index contributed by atoms with van der Waals surface area (Å²) in [5, 5.41) is 29.9. The molecule has 3 N–H and O–H groups in total. The molecular formula is C28H19NO7. The Bertz CT molecular complexity index is 1650. The van der Waals surface area contributed by atoms with Crippen molar-refractivity contribution < 1.29 is 29.3 Å². The Morgan fingerprint density at radius 3 is 2.06 bits per heavy atom. The van der Waals surface area contributed by atoms with E-state index in [1.54, 1.807) is 42.5 Å². The SMILES string of the molecule is CN(c1ccc(O)cc1)c1ccc2c(-c3c(C(=O)O)cccc3C(=O)O)c3ccc(=O)cc-3oc2c1. The molecule has 2 aliphatic rings. The minimum absolute atomic E-state index is 0.0292. The smallest absolute Gasteiger partial charge is 0.336 e. The number of hydrogen-bond donors (Lipinski definition) is 3. The third-order valence-corrected chi connectivity index (χ3v) is 6.08. The number of aromatic carboxylic acids is 2. The molecule has 36 heavy (non-hydrogen) atoms. The standard InChI is InChI=1S/C28H19NO7/c1-29(15-5-8-17(30)9-6-15)16-7-11-19-23(13-16)36-24-14-18(31)10-12-20(24)25(19)26-21(27(32)33)3-2-4-22(26)28(34)35/h2-14,30H,1H3,(H,32,33)(H,34,35). The molecule has 0 atom stereocenters. The Kier molecular flexibility index (Phi) is 5.41. The average molecular weight is 481 g/mol. The van der Waals surface area contributed by atoms with Gasteiger partial charge in [-0.15, -0.1) is 0 Å². The van der Waals surface area contributed by atoms with Crippen LogP contribution in [0.1, 0.15) is 20.7 Å². The highest BCUT2D eigenvalue weighted by atomic mass is 16.4. The highest BCUT2D eigenvalue weighted by Gasteiger charge is 2.26. The third kappa shape index (κ3) is 3.80. The number of rotatable bonds is 5. The zero-order valence-corrected chi connectivity index (χ0v) is 18.9. The van der Waals surface area contributed by atoms with E-state index in [0.717, 1.165) is 5.69 Å². The second kappa shape index (κ2) is 8.59. The molecule has 0 radical (unpaired) electrons. The number of carboxylic acids is 2. The third-order valence-electron chi connectivity index (χ3n) is 6.08. The normalized spacial score (nSPS) is 11.0. The van der Waals surface area contributed by atoms with E-state index < -0.39 is 11.9 Å². The molecule has 0 fully saturated rings. The van der Waals surface area contributed by atoms with E-state index in [4.69, 9.17) is 4.42 Å². The second-order valence-electron chi connectivity index (χ2n) is 8.23. The fourth-order valence-corrected chi connectivity index (χ4v) is 4.34. The van der Waals surface area contributed by atoms with Gasteiger partial charge in [0, 0.05) is 52.6 Å². The van der Waals surface area contributed by atoms with Gasteiger partial charge in [-0.3, -0.25) is 4.79 Å². The van der Waals surface area contributed by atoms with Crippen LogP contribution in [-0.2, 0) is 0 Å². The Hall–Kier alpha value is -5.11. The van der Waals surface area contributed by atoms with E-state index in [2.05, 4.69) is 0 Å². The number of carboxylic acid groups (broad SMARTS) is 2. The van der Waals surface area contributed by atoms with Gasteiger partial charge in [0.05, 0.1) is 11.1 Å². The van der Waals surface area contributed by atoms with Crippen molar-refractivity contribution in [1.82, 2.24) is 0 Å². The lowest BCUT2D eigenvalue weighted by molar-refractivity contribution is 0.0696. The lowest BCUT2D eigenvalue weighted by Crippen LogP contribution is -2.10. The molecule has 8 heteroatoms. The van der Waals surface area contributed by atoms with Crippen LogP contribution in [0.2, 0.25) is 0 Å². The molecule has 0 saturated heterocycles. The van der Waals surface area contributed by atoms with Gasteiger partial charge in [-0.1, -0.05) is 6.07 Å². The van der Waals surface area contributed by atoms with Gasteiger partial charge in [-0.2, -0.15) is 0 Å². The van der Waals surface area contributed by atoms with Gasteiger partial charge in [0.2, 0.25) is 0 Å². The summed E-state index contributed by atoms with van der Waals surface area (Å²) in [6, 6.07) is 20.1. The fraction of sp³-hybridized carbons (Fsp3) is 0.0357. The van der Waals surface area contributed by atoms with Crippen LogP contribution in [0.15, 0.2) is 88.1 Å². The van der Waals surface area contributed by atoms with Crippen molar-refractivity contribution in [3.63, 3.8) is 0 Å². The Morgan fingerprint density at radius 2 is 1.42 bits per heavy atom. The Labute approximate surface area is 204 Å². The summed E-state index contributed by atoms with van der Waals surface area (Å²) in [6.45, 7) is 0. The molecule has 0 unspecified atom stereocenters. The topological polar surface area (TPSA) is 128 Å². The largest absolute Gasteiger partial charge is 0.508 e. The number of nitrogens with zero attached hydrogens (tertiary/aromatic N) is 1. The number of hydrogen-bond acceptors (Lipinski definition) is 6. The van der Waals surface area contributed by atoms with Crippen LogP contribution in [0.4, 0.5) is 11.4 Å². The number of phenols is 1. The van der Waals surface area contributed by atoms with Crippen LogP contribution in [0.25, 0.3) is 33.4 Å². The maximum atomic E-state index is 12.1. The highest BCUT2D eigenvalue weighted by Crippen LogP contribution is 2.43. The molecule has 3 aromatic carbocycles. The van der Waals surface area contributed by atoms with Gasteiger partial charge >= 0.3 is 11.9 Å². The van der Waals surface area contributed by atoms with Gasteiger partial charge in [0.1, 0.15) is 17.1 Å². The molecule has 1 aliphatic heterocycles. The van der Waals surface area contributed by atoms with E-state index in [-0.39, 0.29) is 33.6 Å². The molecule has 0 bridgehead atoms. The van der Waals surface area contributed by atoms with E-state index in [1.165, 1.54) is 36.4 Å². The Balaban J connectivity index is 1.85. The number of aromatic hydroxyl groups is 1. The quantitative estimate of drug-likeness (QED) is 0.283. The molecule has 3 aromatic rings. The molecule has 0 aromatic heterocycles. The molecule has 0 amide bonds. The van der Waals surface area contributed by atoms with Crippen LogP contribution < -0.4 is 10.3 Å². The molecule has 8 nitrogen and oxygen atoms in total. The average Bonchev–Trinajstić information content (AvgIpc) is 2.86. The van der Waals surface area contributed by atoms with Crippen LogP contribution in [0.5, 0.6) is 5.75 Å². The summed E-state index contributed by atoms with van der Waals surface area (Å²) >= 11 is 0. The predicted molar refractivity (Wildman–Crippen MR) is 135 cm³/mol. The van der Waals surface area contributed by atoms with E-state index in [1.807, 2.05) is 11.9 Å². The monoisotopic (exact) mass is 481 g/mol. The van der Waals surface area contributed by atoms with Crippen molar-refractivity contribution in [2.75, 3.05) is 11.9 Å². The summed E-state index contributed by atoms with van der Waals surface area (Å²) < 4.78 is 6.07. The molecule has 0 saturated carbocycles. The summed E-state index contributed by atoms with van der Waals surface area (Å²) in [4.78, 5) is 38.2. The first kappa shape index (κ1) is 22.7. The van der Waals surface area contributed by atoms with Gasteiger partial charge in [0.25, 0.3) is 0 Å². The maximum Gasteiger partial charge on any atom is 0.336 e. The highest BCUT2D eigenvalue weighted by molar-refractivity contribution is 6.13. The zero-order chi connectivity index (χ0) is 25.6. The van der Waals surface area contributed by atoms with E-state index in [9.17, 15) is 29.7 Å². The number of fused-ring (bicyclic) bond motifs is 2. The lowest BCUT2D eigenvalue weighted by Gasteiger charge is -2.22. The van der Waals surface area contributed by atoms with Crippen molar-refractivity contribution in [2.45, 2.75) is 0 Å². The molecule has 178 valence electrons. The summed E-state index contributed by atoms with van der Waals surface area (Å²) in [5.74, 6) is -2.22. The number of carbonyl (C=O) groups is 2. The molecule has 5 rings (SSSR count). The minimum Gasteiger partial charge on any atom is -0.508 e. The van der Waals surface area contributed by atoms with Gasteiger partial charge in [-0.25, -0.2) is 9.59 Å². The number of anilines is 2. The molecule has 0 spiro atoms. The first-order chi connectivity index (χ1) is 17.2. The number of benzene rings is 4. The summed E-state index contributed by atoms with van der Waals surface area (Å²) in [7, 11) is 1.83. The molecular weight excluding hydrogens is 462 g/mol. The van der Waals surface area contributed by atoms with Gasteiger partial charge < -0.3 is 24.6 Å². The Morgan fingerprint density at radius 1 is 0.778 bits per heavy atom. The van der Waals surface area contributed by atoms with Crippen molar-refractivity contribution in [3.05, 3.63) is 100 Å². The molecule has 1 aliphatic carbocycles. The van der Waals surface area contributed by atoms with Crippen molar-refractivity contribution >= 4 is 34.3 Å². The predicted octanol–water partition coefficient (Wildman–Crippen LogP) is 5.43. The fourth-order valence-electron chi connectivity index (χ4n) is 4.34. The van der Waals surface area contributed by atoms with Crippen molar-refractivity contribution in [3.8, 4) is 28.2 Å². The zero-order valence-electron chi connectivity index (χ0n) is 18.9. The summed E-state index contributed by atoms with van der Waals surface area (Å²) in [5.41, 5.74) is 1.96. The molecule has 1 heterocycles. The second-order valence-corrected chi connectivity index (χ2v) is 8.23. The first-order valence-corrected chi connectivity index (χ1v) is 10.9. The summed E-state index contributed by atoms with van der Waals surface area (Å²) in [6.07, 6.45) is 0. The van der Waals surface area contributed by atoms with Crippen molar-refractivity contribution in [1.29, 1.82) is 0 Å². The van der Waals surface area contributed by atoms with E-state index in [0.29, 0.717) is 27.8 Å². The van der Waals surface area contributed by atoms with Crippen LogP contribution in [0.3, 0.4) is 0 Å². The van der Waals surface area contributed by atoms with Crippen LogP contribution in [0, 0.1) is 0 Å². The lowest BCUT2D eigenvalue weighted by atomic mass is 9.87. The van der Waals surface area contributed by atoms with Crippen LogP contribution in [-0.4, -0.2) is 34.3 Å². The van der Waals surface area contributed by atoms with E-state index >= 15 is 0 Å². The number of phenolic OH excluding ortho intramolecular Hbond substituents is 1. The van der Waals surface area contributed by atoms with Crippen molar-refractivity contribution in [2.24, 2.45) is 0 Å². The first-order valence-electron chi connectivity index (χ1n) is 10.9.